The van der Waals surface area contributed by atoms with E-state index < -0.39 is 102 Å². The third-order valence-electron chi connectivity index (χ3n) is 15.0. The summed E-state index contributed by atoms with van der Waals surface area (Å²) >= 11 is 0. The molecule has 81 heavy (non-hydrogen) atoms. The Bertz CT molecular complexity index is 2180. The second kappa shape index (κ2) is 27.9. The average Bonchev–Trinajstić information content (AvgIpc) is 3.51. The molecular weight excluding hydrogens is 1050 g/mol. The molecule has 2 aliphatic carbocycles. The molecule has 5 rings (SSSR count). The molecule has 5 aliphatic rings. The van der Waals surface area contributed by atoms with Crippen LogP contribution in [0.15, 0.2) is 17.0 Å². The van der Waals surface area contributed by atoms with Crippen molar-refractivity contribution < 1.29 is 67.4 Å². The van der Waals surface area contributed by atoms with Crippen molar-refractivity contribution in [2.75, 3.05) is 39.9 Å². The molecule has 3 heterocycles. The van der Waals surface area contributed by atoms with Gasteiger partial charge in [0.05, 0.1) is 56.6 Å². The highest BCUT2D eigenvalue weighted by atomic mass is 16.7. The van der Waals surface area contributed by atoms with Gasteiger partial charge in [0.25, 0.3) is 5.91 Å². The zero-order valence-electron chi connectivity index (χ0n) is 52.2. The van der Waals surface area contributed by atoms with Crippen molar-refractivity contribution in [3.8, 4) is 0 Å². The fourth-order valence-electron chi connectivity index (χ4n) is 11.3. The SMILES string of the molecule is CC(C(=O)CC(C)(C)C)[C@@H]1C(N=O)C(O[C@H]2C(NC(=O)C3(O)CN(C(=O)CC(C)(C)C)C3)CC(NC(=O)OC(C)(C)C)[C@@H](O[C@H]3OC(CNCC4CC(NC(=O)OC(C)(C)C)C4)=CC[C@H]3NC(=O)CC(C)(C)C)[C@@H]2C)OC[C@H]1C.CO. The van der Waals surface area contributed by atoms with Gasteiger partial charge in [0, 0.05) is 50.2 Å². The predicted molar refractivity (Wildman–Crippen MR) is 305 cm³/mol. The van der Waals surface area contributed by atoms with E-state index in [0.29, 0.717) is 31.2 Å². The monoisotopic (exact) mass is 1150 g/mol. The van der Waals surface area contributed by atoms with E-state index in [-0.39, 0.29) is 91.2 Å². The smallest absolute Gasteiger partial charge is 0.407 e. The summed E-state index contributed by atoms with van der Waals surface area (Å²) in [6, 6.07) is -3.79. The Hall–Kier alpha value is -4.48. The number of carbonyl (C=O) groups is 6. The van der Waals surface area contributed by atoms with Gasteiger partial charge in [-0.05, 0) is 108 Å². The molecule has 5 unspecified atom stereocenters. The largest absolute Gasteiger partial charge is 0.466 e. The normalized spacial score (nSPS) is 30.0. The lowest BCUT2D eigenvalue weighted by atomic mass is 9.72. The fourth-order valence-corrected chi connectivity index (χ4v) is 11.3. The van der Waals surface area contributed by atoms with E-state index in [4.69, 9.17) is 33.5 Å². The Labute approximate surface area is 482 Å². The van der Waals surface area contributed by atoms with Crippen molar-refractivity contribution in [1.82, 2.24) is 31.5 Å². The van der Waals surface area contributed by atoms with E-state index in [2.05, 4.69) is 31.8 Å². The molecule has 0 aromatic rings. The molecule has 464 valence electrons. The van der Waals surface area contributed by atoms with Crippen molar-refractivity contribution >= 4 is 35.7 Å². The molecule has 3 aliphatic heterocycles. The molecule has 0 aromatic heterocycles. The van der Waals surface area contributed by atoms with Crippen LogP contribution < -0.4 is 26.6 Å². The van der Waals surface area contributed by atoms with E-state index in [1.165, 1.54) is 4.90 Å². The quantitative estimate of drug-likeness (QED) is 0.0669. The van der Waals surface area contributed by atoms with Crippen LogP contribution in [0.25, 0.3) is 0 Å². The number of carbonyl (C=O) groups excluding carboxylic acids is 6. The van der Waals surface area contributed by atoms with Crippen molar-refractivity contribution in [3.05, 3.63) is 16.7 Å². The lowest BCUT2D eigenvalue weighted by Crippen LogP contribution is -2.72. The number of nitrogens with zero attached hydrogens (tertiary/aromatic N) is 2. The number of aliphatic hydroxyl groups excluding tert-OH is 1. The number of nitrogens with one attached hydrogen (secondary N) is 5. The lowest BCUT2D eigenvalue weighted by Gasteiger charge is -2.51. The molecule has 0 bridgehead atoms. The van der Waals surface area contributed by atoms with E-state index in [1.807, 2.05) is 110 Å². The summed E-state index contributed by atoms with van der Waals surface area (Å²) in [7, 11) is 1.00. The Kier molecular flexibility index (Phi) is 23.8. The van der Waals surface area contributed by atoms with Crippen LogP contribution in [-0.4, -0.2) is 163 Å². The van der Waals surface area contributed by atoms with E-state index in [9.17, 15) is 38.8 Å². The van der Waals surface area contributed by atoms with Crippen molar-refractivity contribution in [1.29, 1.82) is 0 Å². The van der Waals surface area contributed by atoms with Crippen LogP contribution >= 0.6 is 0 Å². The number of Topliss-reactive ketones (excluding diaryl/α,β-unsaturated/α-hetero) is 1. The number of rotatable bonds is 19. The third kappa shape index (κ3) is 21.3. The molecule has 2 saturated heterocycles. The second-order valence-corrected chi connectivity index (χ2v) is 29.1. The maximum absolute atomic E-state index is 14.4. The van der Waals surface area contributed by atoms with Crippen LogP contribution in [0.1, 0.15) is 170 Å². The van der Waals surface area contributed by atoms with Gasteiger partial charge in [0.1, 0.15) is 28.8 Å². The number of β-amino-alcohol motifs (C(OH)–C–C–N with tert-alkyl or cyclic N) is 1. The minimum Gasteiger partial charge on any atom is -0.466 e. The zero-order chi connectivity index (χ0) is 61.4. The van der Waals surface area contributed by atoms with Crippen LogP contribution in [-0.2, 0) is 47.6 Å². The summed E-state index contributed by atoms with van der Waals surface area (Å²) in [5.41, 5.74) is -4.44. The number of ether oxygens (including phenoxy) is 6. The molecule has 12 atom stereocenters. The number of aliphatic hydroxyl groups is 2. The maximum Gasteiger partial charge on any atom is 0.407 e. The molecule has 0 radical (unpaired) electrons. The highest BCUT2D eigenvalue weighted by molar-refractivity contribution is 5.90. The molecular formula is C59H103N7O15. The van der Waals surface area contributed by atoms with Gasteiger partial charge in [0.2, 0.25) is 18.1 Å². The number of alkyl carbamates (subject to hydrolysis) is 2. The van der Waals surface area contributed by atoms with E-state index in [1.54, 1.807) is 20.8 Å². The molecule has 0 aromatic carbocycles. The molecule has 22 heteroatoms. The third-order valence-corrected chi connectivity index (χ3v) is 15.0. The maximum atomic E-state index is 14.4. The number of ketones is 1. The van der Waals surface area contributed by atoms with Gasteiger partial charge in [-0.15, -0.1) is 0 Å². The number of likely N-dealkylation sites (tertiary alicyclic amines) is 1. The van der Waals surface area contributed by atoms with E-state index >= 15 is 0 Å². The van der Waals surface area contributed by atoms with Crippen molar-refractivity contribution in [2.24, 2.45) is 51.0 Å². The minimum atomic E-state index is -1.96. The first-order chi connectivity index (χ1) is 37.2. The zero-order valence-corrected chi connectivity index (χ0v) is 52.2. The highest BCUT2D eigenvalue weighted by Gasteiger charge is 2.55. The Balaban J connectivity index is 0.00000697. The molecule has 7 N–H and O–H groups in total. The highest BCUT2D eigenvalue weighted by Crippen LogP contribution is 2.41. The Morgan fingerprint density at radius 3 is 1.79 bits per heavy atom. The van der Waals surface area contributed by atoms with Gasteiger partial charge in [0.15, 0.2) is 11.9 Å². The van der Waals surface area contributed by atoms with Crippen LogP contribution in [0.5, 0.6) is 0 Å². The van der Waals surface area contributed by atoms with Crippen LogP contribution in [0.3, 0.4) is 0 Å². The Morgan fingerprint density at radius 1 is 0.728 bits per heavy atom. The molecule has 4 fully saturated rings. The van der Waals surface area contributed by atoms with Gasteiger partial charge in [-0.25, -0.2) is 9.59 Å². The summed E-state index contributed by atoms with van der Waals surface area (Å²) in [6.07, 6.45) is -1.29. The average molecular weight is 1150 g/mol. The standard InChI is InChI=1S/C58H99N7O14.CH4O/c1-32-29-74-49(45(64-73)44(32)33(2)41(66)24-53(4,5)6)77-46-34(3)47(40(63-52(71)79-57(16,17)18)23-39(46)62-50(69)58(72)30-65(31-58)43(68)26-55(10,11)12)76-48-38(61-42(67)25-54(7,8)9)20-19-37(75-48)28-59-27-35-21-36(22-35)60-51(70)78-56(13,14)15;1-2/h19,32-36,38-40,44-49,59,72H,20-31H2,1-18H3,(H,60,70)(H,61,67)(H,62,69)(H,63,71);2H,1H3/t32-,33?,34-,35?,36?,38-,39?,40?,44-,45?,46-,47+,48-,49?;/m1./s1. The van der Waals surface area contributed by atoms with Gasteiger partial charge < -0.3 is 70.1 Å². The number of hydrogen-bond donors (Lipinski definition) is 7. The molecule has 2 saturated carbocycles. The van der Waals surface area contributed by atoms with Gasteiger partial charge in [-0.3, -0.25) is 19.2 Å². The van der Waals surface area contributed by atoms with Crippen LogP contribution in [0, 0.1) is 50.7 Å². The van der Waals surface area contributed by atoms with Crippen molar-refractivity contribution in [3.63, 3.8) is 0 Å². The molecule has 22 nitrogen and oxygen atoms in total. The second-order valence-electron chi connectivity index (χ2n) is 29.1. The van der Waals surface area contributed by atoms with Crippen LogP contribution in [0.2, 0.25) is 0 Å². The summed E-state index contributed by atoms with van der Waals surface area (Å²) in [5, 5.41) is 37.9. The molecule has 0 spiro atoms. The van der Waals surface area contributed by atoms with Crippen LogP contribution in [0.4, 0.5) is 9.59 Å². The number of nitroso groups, excluding NO2 is 1. The predicted octanol–water partition coefficient (Wildman–Crippen LogP) is 6.62. The van der Waals surface area contributed by atoms with Gasteiger partial charge in [-0.2, -0.15) is 4.91 Å². The Morgan fingerprint density at radius 2 is 1.26 bits per heavy atom. The number of hydrogen-bond acceptors (Lipinski definition) is 17. The first-order valence-electron chi connectivity index (χ1n) is 29.1. The van der Waals surface area contributed by atoms with Gasteiger partial charge >= 0.3 is 12.2 Å². The number of amides is 5. The lowest BCUT2D eigenvalue weighted by molar-refractivity contribution is -0.261. The summed E-state index contributed by atoms with van der Waals surface area (Å²) in [5.74, 6) is -2.56. The summed E-state index contributed by atoms with van der Waals surface area (Å²) in [6.45, 7) is 34.4. The van der Waals surface area contributed by atoms with E-state index in [0.717, 1.165) is 20.0 Å². The van der Waals surface area contributed by atoms with Gasteiger partial charge in [-0.1, -0.05) is 88.3 Å². The first-order valence-corrected chi connectivity index (χ1v) is 29.1. The topological polar surface area (TPSA) is 291 Å². The minimum absolute atomic E-state index is 0.00585. The summed E-state index contributed by atoms with van der Waals surface area (Å²) in [4.78, 5) is 95.9. The molecule has 5 amide bonds. The first kappa shape index (κ1) is 69.0. The fraction of sp³-hybridized carbons (Fsp3) is 0.864. The summed E-state index contributed by atoms with van der Waals surface area (Å²) < 4.78 is 38.2. The van der Waals surface area contributed by atoms with Crippen molar-refractivity contribution in [2.45, 2.75) is 241 Å².